The van der Waals surface area contributed by atoms with Crippen molar-refractivity contribution in [2.45, 2.75) is 0 Å². The zero-order chi connectivity index (χ0) is 15.0. The molecule has 0 saturated heterocycles. The fourth-order valence-electron chi connectivity index (χ4n) is 2.11. The van der Waals surface area contributed by atoms with Gasteiger partial charge in [0.05, 0.1) is 23.5 Å². The Bertz CT molecular complexity index is 873. The van der Waals surface area contributed by atoms with Gasteiger partial charge in [-0.05, 0) is 22.0 Å². The first kappa shape index (κ1) is 13.4. The summed E-state index contributed by atoms with van der Waals surface area (Å²) in [5.74, 6) is -0.375. The molecule has 0 spiro atoms. The first-order chi connectivity index (χ1) is 10.1. The van der Waals surface area contributed by atoms with E-state index in [1.165, 1.54) is 18.6 Å². The van der Waals surface area contributed by atoms with Crippen LogP contribution in [0.25, 0.3) is 10.9 Å². The molecule has 21 heavy (non-hydrogen) atoms. The van der Waals surface area contributed by atoms with Gasteiger partial charge in [0, 0.05) is 11.6 Å². The van der Waals surface area contributed by atoms with Crippen molar-refractivity contribution < 1.29 is 14.7 Å². The Morgan fingerprint density at radius 3 is 2.67 bits per heavy atom. The molecule has 0 saturated carbocycles. The number of carboxylic acid groups (broad SMARTS) is 1. The Kier molecular flexibility index (Phi) is 3.26. The Balaban J connectivity index is 2.21. The quantitative estimate of drug-likeness (QED) is 0.721. The molecule has 0 unspecified atom stereocenters. The molecule has 0 fully saturated rings. The van der Waals surface area contributed by atoms with Gasteiger partial charge >= 0.3 is 6.09 Å². The van der Waals surface area contributed by atoms with Crippen LogP contribution < -0.4 is 0 Å². The molecule has 3 rings (SSSR count). The van der Waals surface area contributed by atoms with Crippen LogP contribution in [-0.4, -0.2) is 31.5 Å². The average molecular weight is 346 g/mol. The van der Waals surface area contributed by atoms with Gasteiger partial charge in [-0.15, -0.1) is 0 Å². The lowest BCUT2D eigenvalue weighted by Gasteiger charge is -1.98. The molecular weight excluding hydrogens is 338 g/mol. The molecule has 0 radical (unpaired) electrons. The van der Waals surface area contributed by atoms with E-state index in [-0.39, 0.29) is 17.0 Å². The van der Waals surface area contributed by atoms with Crippen molar-refractivity contribution in [2.24, 2.45) is 0 Å². The molecule has 1 aromatic carbocycles. The Hall–Kier alpha value is -2.54. The number of aromatic nitrogens is 3. The number of hydrogen-bond acceptors (Lipinski definition) is 4. The highest BCUT2D eigenvalue weighted by Gasteiger charge is 2.20. The summed E-state index contributed by atoms with van der Waals surface area (Å²) in [4.78, 5) is 31.7. The van der Waals surface area contributed by atoms with Crippen LogP contribution >= 0.6 is 15.9 Å². The van der Waals surface area contributed by atoms with E-state index in [1.54, 1.807) is 24.3 Å². The van der Waals surface area contributed by atoms with Crippen molar-refractivity contribution in [3.63, 3.8) is 0 Å². The van der Waals surface area contributed by atoms with E-state index in [0.29, 0.717) is 15.5 Å². The van der Waals surface area contributed by atoms with Crippen LogP contribution in [0.2, 0.25) is 0 Å². The van der Waals surface area contributed by atoms with Gasteiger partial charge in [-0.25, -0.2) is 9.78 Å². The molecule has 2 aromatic heterocycles. The number of rotatable bonds is 2. The second-order valence-corrected chi connectivity index (χ2v) is 5.08. The van der Waals surface area contributed by atoms with Gasteiger partial charge in [0.15, 0.2) is 0 Å². The van der Waals surface area contributed by atoms with Gasteiger partial charge in [0.25, 0.3) is 0 Å². The van der Waals surface area contributed by atoms with Crippen molar-refractivity contribution in [3.8, 4) is 0 Å². The summed E-state index contributed by atoms with van der Waals surface area (Å²) in [6.07, 6.45) is 2.97. The molecule has 2 heterocycles. The highest BCUT2D eigenvalue weighted by molar-refractivity contribution is 9.10. The summed E-state index contributed by atoms with van der Waals surface area (Å²) < 4.78 is 1.46. The standard InChI is InChI=1S/C14H8BrN3O3/c15-12-6-16-5-10(17-12)13(19)9-7-18(14(20)21)11-4-2-1-3-8(9)11/h1-7H,(H,20,21). The lowest BCUT2D eigenvalue weighted by molar-refractivity contribution is 0.103. The Morgan fingerprint density at radius 2 is 1.95 bits per heavy atom. The van der Waals surface area contributed by atoms with Crippen molar-refractivity contribution in [3.05, 3.63) is 58.7 Å². The fourth-order valence-corrected chi connectivity index (χ4v) is 2.42. The smallest absolute Gasteiger partial charge is 0.416 e. The number of ketones is 1. The zero-order valence-corrected chi connectivity index (χ0v) is 12.1. The first-order valence-corrected chi connectivity index (χ1v) is 6.73. The molecule has 0 bridgehead atoms. The lowest BCUT2D eigenvalue weighted by atomic mass is 10.1. The van der Waals surface area contributed by atoms with E-state index in [2.05, 4.69) is 25.9 Å². The zero-order valence-electron chi connectivity index (χ0n) is 10.5. The van der Waals surface area contributed by atoms with E-state index >= 15 is 0 Å². The summed E-state index contributed by atoms with van der Waals surface area (Å²) in [7, 11) is 0. The largest absolute Gasteiger partial charge is 0.464 e. The predicted octanol–water partition coefficient (Wildman–Crippen LogP) is 2.95. The Morgan fingerprint density at radius 1 is 1.19 bits per heavy atom. The van der Waals surface area contributed by atoms with E-state index in [4.69, 9.17) is 0 Å². The van der Waals surface area contributed by atoms with E-state index < -0.39 is 6.09 Å². The van der Waals surface area contributed by atoms with E-state index in [9.17, 15) is 14.7 Å². The monoisotopic (exact) mass is 345 g/mol. The van der Waals surface area contributed by atoms with Crippen molar-refractivity contribution in [1.82, 2.24) is 14.5 Å². The number of fused-ring (bicyclic) bond motifs is 1. The van der Waals surface area contributed by atoms with Gasteiger partial charge in [0.1, 0.15) is 10.3 Å². The maximum atomic E-state index is 12.5. The van der Waals surface area contributed by atoms with Crippen LogP contribution in [0.3, 0.4) is 0 Å². The topological polar surface area (TPSA) is 85.1 Å². The molecule has 0 aliphatic carbocycles. The minimum atomic E-state index is -1.15. The number of carbonyl (C=O) groups excluding carboxylic acids is 1. The fraction of sp³-hybridized carbons (Fsp3) is 0. The summed E-state index contributed by atoms with van der Waals surface area (Å²) in [5, 5.41) is 9.77. The molecule has 104 valence electrons. The summed E-state index contributed by atoms with van der Waals surface area (Å²) >= 11 is 3.16. The predicted molar refractivity (Wildman–Crippen MR) is 78.5 cm³/mol. The maximum Gasteiger partial charge on any atom is 0.416 e. The van der Waals surface area contributed by atoms with Crippen molar-refractivity contribution in [2.75, 3.05) is 0 Å². The number of nitrogens with zero attached hydrogens (tertiary/aromatic N) is 3. The average Bonchev–Trinajstić information content (AvgIpc) is 2.86. The molecule has 0 atom stereocenters. The molecule has 7 heteroatoms. The third-order valence-electron chi connectivity index (χ3n) is 3.00. The minimum absolute atomic E-state index is 0.151. The van der Waals surface area contributed by atoms with Crippen LogP contribution in [0.5, 0.6) is 0 Å². The SMILES string of the molecule is O=C(c1cncc(Br)n1)c1cn(C(=O)O)c2ccccc12. The van der Waals surface area contributed by atoms with Crippen LogP contribution in [0.1, 0.15) is 16.1 Å². The highest BCUT2D eigenvalue weighted by Crippen LogP contribution is 2.23. The summed E-state index contributed by atoms with van der Waals surface area (Å²) in [6, 6.07) is 6.81. The first-order valence-electron chi connectivity index (χ1n) is 5.93. The third kappa shape index (κ3) is 2.31. The summed E-state index contributed by atoms with van der Waals surface area (Å²) in [5.41, 5.74) is 0.884. The third-order valence-corrected chi connectivity index (χ3v) is 3.38. The lowest BCUT2D eigenvalue weighted by Crippen LogP contribution is -2.07. The van der Waals surface area contributed by atoms with Gasteiger partial charge < -0.3 is 5.11 Å². The molecule has 6 nitrogen and oxygen atoms in total. The second kappa shape index (κ2) is 5.10. The van der Waals surface area contributed by atoms with Crippen LogP contribution in [0.4, 0.5) is 4.79 Å². The number of carbonyl (C=O) groups is 2. The van der Waals surface area contributed by atoms with Crippen molar-refractivity contribution in [1.29, 1.82) is 0 Å². The molecule has 0 amide bonds. The minimum Gasteiger partial charge on any atom is -0.464 e. The summed E-state index contributed by atoms with van der Waals surface area (Å²) in [6.45, 7) is 0. The number of para-hydroxylation sites is 1. The van der Waals surface area contributed by atoms with Crippen LogP contribution in [0, 0.1) is 0 Å². The van der Waals surface area contributed by atoms with E-state index in [0.717, 1.165) is 4.57 Å². The number of halogens is 1. The maximum absolute atomic E-state index is 12.5. The molecule has 1 N–H and O–H groups in total. The van der Waals surface area contributed by atoms with Gasteiger partial charge in [-0.2, -0.15) is 0 Å². The van der Waals surface area contributed by atoms with Gasteiger partial charge in [-0.1, -0.05) is 18.2 Å². The number of hydrogen-bond donors (Lipinski definition) is 1. The highest BCUT2D eigenvalue weighted by atomic mass is 79.9. The molecule has 3 aromatic rings. The molecule has 0 aliphatic heterocycles. The van der Waals surface area contributed by atoms with Crippen LogP contribution in [-0.2, 0) is 0 Å². The Labute approximate surface area is 127 Å². The van der Waals surface area contributed by atoms with Gasteiger partial charge in [-0.3, -0.25) is 14.3 Å². The van der Waals surface area contributed by atoms with Gasteiger partial charge in [0.2, 0.25) is 5.78 Å². The van der Waals surface area contributed by atoms with E-state index in [1.807, 2.05) is 0 Å². The second-order valence-electron chi connectivity index (χ2n) is 4.27. The molecular formula is C14H8BrN3O3. The normalized spacial score (nSPS) is 10.7. The van der Waals surface area contributed by atoms with Crippen molar-refractivity contribution >= 4 is 38.7 Å². The number of benzene rings is 1. The van der Waals surface area contributed by atoms with Crippen LogP contribution in [0.15, 0.2) is 47.5 Å². The molecule has 0 aliphatic rings.